The van der Waals surface area contributed by atoms with Gasteiger partial charge in [-0.05, 0) is 68.1 Å². The predicted octanol–water partition coefficient (Wildman–Crippen LogP) is 4.13. The molecule has 3 rings (SSSR count). The Bertz CT molecular complexity index is 939. The zero-order valence-electron chi connectivity index (χ0n) is 16.0. The molecule has 1 aliphatic carbocycles. The second-order valence-electron chi connectivity index (χ2n) is 7.14. The maximum Gasteiger partial charge on any atom is 0.339 e. The van der Waals surface area contributed by atoms with Crippen LogP contribution in [-0.2, 0) is 21.5 Å². The predicted molar refractivity (Wildman–Crippen MR) is 104 cm³/mol. The van der Waals surface area contributed by atoms with E-state index in [9.17, 15) is 17.6 Å². The van der Waals surface area contributed by atoms with Crippen LogP contribution in [0.5, 0.6) is 5.75 Å². The largest absolute Gasteiger partial charge is 0.379 e. The first kappa shape index (κ1) is 20.3. The van der Waals surface area contributed by atoms with E-state index in [-0.39, 0.29) is 28.5 Å². The number of nitrogens with zero attached hydrogens (tertiary/aromatic N) is 1. The minimum absolute atomic E-state index is 0.0978. The summed E-state index contributed by atoms with van der Waals surface area (Å²) in [5, 5.41) is 0. The molecule has 1 atom stereocenters. The van der Waals surface area contributed by atoms with E-state index in [2.05, 4.69) is 0 Å². The van der Waals surface area contributed by atoms with Gasteiger partial charge in [0.15, 0.2) is 0 Å². The van der Waals surface area contributed by atoms with E-state index < -0.39 is 15.9 Å². The van der Waals surface area contributed by atoms with E-state index in [1.54, 1.807) is 18.2 Å². The first-order valence-electron chi connectivity index (χ1n) is 9.39. The molecule has 7 heteroatoms. The summed E-state index contributed by atoms with van der Waals surface area (Å²) in [5.41, 5.74) is 0.793. The second-order valence-corrected chi connectivity index (χ2v) is 8.68. The smallest absolute Gasteiger partial charge is 0.339 e. The number of halogens is 1. The summed E-state index contributed by atoms with van der Waals surface area (Å²) in [6.07, 6.45) is 2.71. The van der Waals surface area contributed by atoms with Gasteiger partial charge in [-0.3, -0.25) is 4.79 Å². The van der Waals surface area contributed by atoms with Crippen molar-refractivity contribution in [3.63, 3.8) is 0 Å². The van der Waals surface area contributed by atoms with E-state index in [0.29, 0.717) is 6.54 Å². The molecule has 0 aromatic heterocycles. The Labute approximate surface area is 165 Å². The highest BCUT2D eigenvalue weighted by atomic mass is 32.2. The molecule has 1 amide bonds. The molecule has 5 nitrogen and oxygen atoms in total. The topological polar surface area (TPSA) is 63.7 Å². The number of hydrogen-bond acceptors (Lipinski definition) is 4. The van der Waals surface area contributed by atoms with Gasteiger partial charge < -0.3 is 9.08 Å². The standard InChI is InChI=1S/C21H24FNO4S/c1-3-15(2)23(21(24)17-7-8-17)14-16-5-4-6-19(13-16)27-28(25,26)20-11-9-18(22)10-12-20/h4-6,9-13,15,17H,3,7-8,14H2,1-2H3. The molecule has 1 unspecified atom stereocenters. The van der Waals surface area contributed by atoms with Gasteiger partial charge >= 0.3 is 10.1 Å². The summed E-state index contributed by atoms with van der Waals surface area (Å²) in [6, 6.07) is 11.3. The summed E-state index contributed by atoms with van der Waals surface area (Å²) in [5.74, 6) is -0.0944. The maximum absolute atomic E-state index is 13.0. The van der Waals surface area contributed by atoms with E-state index in [1.807, 2.05) is 24.8 Å². The van der Waals surface area contributed by atoms with Gasteiger partial charge in [0, 0.05) is 18.5 Å². The van der Waals surface area contributed by atoms with Crippen LogP contribution in [0.15, 0.2) is 53.4 Å². The van der Waals surface area contributed by atoms with Crippen LogP contribution >= 0.6 is 0 Å². The van der Waals surface area contributed by atoms with Crippen LogP contribution in [0, 0.1) is 11.7 Å². The summed E-state index contributed by atoms with van der Waals surface area (Å²) in [7, 11) is -4.06. The Morgan fingerprint density at radius 1 is 1.21 bits per heavy atom. The van der Waals surface area contributed by atoms with Crippen molar-refractivity contribution in [2.24, 2.45) is 5.92 Å². The van der Waals surface area contributed by atoms with Crippen molar-refractivity contribution in [3.8, 4) is 5.75 Å². The SMILES string of the molecule is CCC(C)N(Cc1cccc(OS(=O)(=O)c2ccc(F)cc2)c1)C(=O)C1CC1. The lowest BCUT2D eigenvalue weighted by atomic mass is 10.1. The fourth-order valence-corrected chi connectivity index (χ4v) is 3.83. The summed E-state index contributed by atoms with van der Waals surface area (Å²) >= 11 is 0. The van der Waals surface area contributed by atoms with E-state index in [1.165, 1.54) is 0 Å². The third kappa shape index (κ3) is 4.90. The Hall–Kier alpha value is -2.41. The van der Waals surface area contributed by atoms with Gasteiger partial charge in [0.05, 0.1) is 0 Å². The molecular weight excluding hydrogens is 381 g/mol. The highest BCUT2D eigenvalue weighted by Gasteiger charge is 2.34. The molecule has 0 radical (unpaired) electrons. The molecule has 0 bridgehead atoms. The number of benzene rings is 2. The molecule has 0 spiro atoms. The summed E-state index contributed by atoms with van der Waals surface area (Å²) in [6.45, 7) is 4.45. The number of hydrogen-bond donors (Lipinski definition) is 0. The van der Waals surface area contributed by atoms with Crippen LogP contribution in [0.4, 0.5) is 4.39 Å². The minimum atomic E-state index is -4.06. The highest BCUT2D eigenvalue weighted by Crippen LogP contribution is 2.33. The van der Waals surface area contributed by atoms with Crippen LogP contribution < -0.4 is 4.18 Å². The lowest BCUT2D eigenvalue weighted by molar-refractivity contribution is -0.135. The van der Waals surface area contributed by atoms with Gasteiger partial charge in [0.1, 0.15) is 16.5 Å². The zero-order valence-corrected chi connectivity index (χ0v) is 16.8. The molecule has 2 aromatic carbocycles. The Kier molecular flexibility index (Phi) is 6.03. The van der Waals surface area contributed by atoms with E-state index >= 15 is 0 Å². The number of amides is 1. The van der Waals surface area contributed by atoms with Crippen LogP contribution in [0.3, 0.4) is 0 Å². The van der Waals surface area contributed by atoms with Gasteiger partial charge in [0.25, 0.3) is 0 Å². The van der Waals surface area contributed by atoms with Gasteiger partial charge in [-0.2, -0.15) is 8.42 Å². The zero-order chi connectivity index (χ0) is 20.3. The molecule has 0 aliphatic heterocycles. The van der Waals surface area contributed by atoms with Crippen molar-refractivity contribution in [2.45, 2.75) is 50.6 Å². The first-order chi connectivity index (χ1) is 13.3. The second kappa shape index (κ2) is 8.31. The summed E-state index contributed by atoms with van der Waals surface area (Å²) in [4.78, 5) is 14.3. The lowest BCUT2D eigenvalue weighted by Crippen LogP contribution is -2.38. The quantitative estimate of drug-likeness (QED) is 0.620. The highest BCUT2D eigenvalue weighted by molar-refractivity contribution is 7.87. The van der Waals surface area contributed by atoms with E-state index in [4.69, 9.17) is 4.18 Å². The average Bonchev–Trinajstić information content (AvgIpc) is 3.50. The van der Waals surface area contributed by atoms with Crippen LogP contribution in [-0.4, -0.2) is 25.3 Å². The Balaban J connectivity index is 1.77. The molecule has 28 heavy (non-hydrogen) atoms. The molecule has 0 saturated heterocycles. The van der Waals surface area contributed by atoms with Gasteiger partial charge in [-0.25, -0.2) is 4.39 Å². The maximum atomic E-state index is 13.0. The summed E-state index contributed by atoms with van der Waals surface area (Å²) < 4.78 is 43.0. The van der Waals surface area contributed by atoms with Crippen molar-refractivity contribution in [1.82, 2.24) is 4.90 Å². The number of rotatable bonds is 8. The molecule has 1 saturated carbocycles. The van der Waals surface area contributed by atoms with Gasteiger partial charge in [0.2, 0.25) is 5.91 Å². The number of carbonyl (C=O) groups is 1. The fourth-order valence-electron chi connectivity index (χ4n) is 2.90. The Morgan fingerprint density at radius 3 is 2.50 bits per heavy atom. The average molecular weight is 405 g/mol. The fraction of sp³-hybridized carbons (Fsp3) is 0.381. The molecule has 0 heterocycles. The third-order valence-corrected chi connectivity index (χ3v) is 6.15. The first-order valence-corrected chi connectivity index (χ1v) is 10.8. The van der Waals surface area contributed by atoms with Crippen LogP contribution in [0.25, 0.3) is 0 Å². The van der Waals surface area contributed by atoms with Gasteiger partial charge in [-0.1, -0.05) is 19.1 Å². The molecule has 1 aliphatic rings. The van der Waals surface area contributed by atoms with E-state index in [0.717, 1.165) is 49.1 Å². The van der Waals surface area contributed by atoms with Crippen molar-refractivity contribution >= 4 is 16.0 Å². The lowest BCUT2D eigenvalue weighted by Gasteiger charge is -2.29. The van der Waals surface area contributed by atoms with Crippen molar-refractivity contribution in [3.05, 3.63) is 59.9 Å². The van der Waals surface area contributed by atoms with Crippen LogP contribution in [0.1, 0.15) is 38.7 Å². The molecule has 0 N–H and O–H groups in total. The Morgan fingerprint density at radius 2 is 1.89 bits per heavy atom. The normalized spacial score (nSPS) is 15.1. The molecular formula is C21H24FNO4S. The van der Waals surface area contributed by atoms with Gasteiger partial charge in [-0.15, -0.1) is 0 Å². The molecule has 1 fully saturated rings. The monoisotopic (exact) mass is 405 g/mol. The molecule has 150 valence electrons. The van der Waals surface area contributed by atoms with Crippen molar-refractivity contribution in [1.29, 1.82) is 0 Å². The van der Waals surface area contributed by atoms with Crippen molar-refractivity contribution < 1.29 is 21.8 Å². The third-order valence-electron chi connectivity index (χ3n) is 4.89. The number of carbonyl (C=O) groups excluding carboxylic acids is 1. The van der Waals surface area contributed by atoms with Crippen molar-refractivity contribution in [2.75, 3.05) is 0 Å². The molecule has 2 aromatic rings. The minimum Gasteiger partial charge on any atom is -0.379 e. The van der Waals surface area contributed by atoms with Crippen LogP contribution in [0.2, 0.25) is 0 Å².